The molecule has 0 spiro atoms. The van der Waals surface area contributed by atoms with Crippen molar-refractivity contribution in [1.29, 1.82) is 0 Å². The summed E-state index contributed by atoms with van der Waals surface area (Å²) >= 11 is 2.09. The number of fused-ring (bicyclic) bond motifs is 12. The van der Waals surface area contributed by atoms with Gasteiger partial charge in [0.2, 0.25) is 0 Å². The maximum atomic E-state index is 2.80. The largest absolute Gasteiger partial charge is 0.311 e. The van der Waals surface area contributed by atoms with Crippen molar-refractivity contribution >= 4 is 78.0 Å². The van der Waals surface area contributed by atoms with Crippen LogP contribution in [0, 0.1) is 6.92 Å². The highest BCUT2D eigenvalue weighted by Crippen LogP contribution is 2.60. The molecule has 2 nitrogen and oxygen atoms in total. The van der Waals surface area contributed by atoms with E-state index in [1.54, 1.807) is 0 Å². The second kappa shape index (κ2) is 15.5. The van der Waals surface area contributed by atoms with Crippen LogP contribution in [0.25, 0.3) is 32.3 Å². The Labute approximate surface area is 459 Å². The quantitative estimate of drug-likeness (QED) is 0.163. The van der Waals surface area contributed by atoms with Gasteiger partial charge in [0, 0.05) is 48.5 Å². The van der Waals surface area contributed by atoms with Crippen molar-refractivity contribution in [1.82, 2.24) is 0 Å². The van der Waals surface area contributed by atoms with Crippen LogP contribution in [0.15, 0.2) is 121 Å². The number of hydrogen-bond acceptors (Lipinski definition) is 3. The van der Waals surface area contributed by atoms with Crippen LogP contribution in [0.1, 0.15) is 186 Å². The molecule has 4 aliphatic carbocycles. The molecule has 384 valence electrons. The molecule has 4 heteroatoms. The Morgan fingerprint density at radius 2 is 0.908 bits per heavy atom. The average Bonchev–Trinajstić information content (AvgIpc) is 3.89. The Balaban J connectivity index is 1.16. The maximum Gasteiger partial charge on any atom is 0.264 e. The second-order valence-electron chi connectivity index (χ2n) is 28.9. The number of nitrogens with zero attached hydrogens (tertiary/aromatic N) is 2. The lowest BCUT2D eigenvalue weighted by atomic mass is 9.35. The van der Waals surface area contributed by atoms with E-state index in [-0.39, 0.29) is 44.6 Å². The van der Waals surface area contributed by atoms with Crippen LogP contribution >= 0.6 is 11.3 Å². The summed E-state index contributed by atoms with van der Waals surface area (Å²) in [6.45, 7) is 37.3. The lowest BCUT2D eigenvalue weighted by molar-refractivity contribution is 0.332. The number of aryl methyl sites for hydroxylation is 1. The number of benzene rings is 7. The Morgan fingerprint density at radius 3 is 1.53 bits per heavy atom. The molecule has 0 amide bonds. The zero-order chi connectivity index (χ0) is 53.2. The van der Waals surface area contributed by atoms with Crippen LogP contribution in [0.4, 0.5) is 34.1 Å². The van der Waals surface area contributed by atoms with E-state index in [9.17, 15) is 0 Å². The molecule has 0 unspecified atom stereocenters. The van der Waals surface area contributed by atoms with Crippen LogP contribution in [-0.2, 0) is 37.9 Å². The zero-order valence-electron chi connectivity index (χ0n) is 48.2. The Morgan fingerprint density at radius 1 is 0.408 bits per heavy atom. The summed E-state index contributed by atoms with van der Waals surface area (Å²) in [4.78, 5) is 5.59. The van der Waals surface area contributed by atoms with Gasteiger partial charge in [0.05, 0.1) is 17.1 Å². The molecule has 7 aromatic carbocycles. The summed E-state index contributed by atoms with van der Waals surface area (Å²) < 4.78 is 2.88. The van der Waals surface area contributed by atoms with Crippen molar-refractivity contribution in [2.75, 3.05) is 9.80 Å². The normalized spacial score (nSPS) is 20.6. The molecule has 2 aliphatic heterocycles. The highest BCUT2D eigenvalue weighted by molar-refractivity contribution is 7.33. The van der Waals surface area contributed by atoms with Gasteiger partial charge in [-0.1, -0.05) is 170 Å². The second-order valence-corrected chi connectivity index (χ2v) is 30.0. The zero-order valence-corrected chi connectivity index (χ0v) is 49.0. The molecular formula is C72H77BN2S. The molecule has 8 aromatic rings. The van der Waals surface area contributed by atoms with Crippen molar-refractivity contribution in [3.63, 3.8) is 0 Å². The average molecular weight is 1010 g/mol. The lowest BCUT2D eigenvalue weighted by Gasteiger charge is -2.48. The summed E-state index contributed by atoms with van der Waals surface area (Å²) in [5.41, 5.74) is 29.5. The summed E-state index contributed by atoms with van der Waals surface area (Å²) in [5, 5.41) is 1.40. The van der Waals surface area contributed by atoms with Crippen LogP contribution < -0.4 is 25.5 Å². The van der Waals surface area contributed by atoms with Crippen LogP contribution in [0.2, 0.25) is 0 Å². The van der Waals surface area contributed by atoms with Gasteiger partial charge in [-0.15, -0.1) is 11.3 Å². The fraction of sp³-hybridized carbons (Fsp3) is 0.389. The Hall–Kier alpha value is -5.84. The minimum atomic E-state index is -0.140. The first-order valence-corrected chi connectivity index (χ1v) is 29.7. The molecule has 1 aromatic heterocycles. The van der Waals surface area contributed by atoms with Gasteiger partial charge in [-0.05, 0) is 199 Å². The fourth-order valence-electron chi connectivity index (χ4n) is 15.8. The Kier molecular flexibility index (Phi) is 9.87. The summed E-state index contributed by atoms with van der Waals surface area (Å²) in [6, 6.07) is 49.1. The third-order valence-electron chi connectivity index (χ3n) is 20.9. The third-order valence-corrected chi connectivity index (χ3v) is 22.1. The molecule has 0 saturated heterocycles. The van der Waals surface area contributed by atoms with Crippen molar-refractivity contribution < 1.29 is 0 Å². The molecule has 6 aliphatic rings. The number of anilines is 6. The molecule has 0 N–H and O–H groups in total. The standard InChI is InChI=1S/C72H77BN2S/c1-42-34-59-63-60(35-42)75(56-27-21-26-48-62(56)44-24-19-20-25-47(44)72(48,14)15)64-46-37-50-54(71(12,13)33-29-67(50,4)5)41-61(46)76-65(64)73(63)55-38-51-53(70(10,11)32-30-68(51,6)7)40-58(55)74(59)57-39-52-49(66(2,3)28-31-69(52,8)9)36-45(57)43-22-17-16-18-23-43/h16-27,34-41H,28-33H2,1-15H3. The van der Waals surface area contributed by atoms with Gasteiger partial charge in [-0.25, -0.2) is 0 Å². The first-order chi connectivity index (χ1) is 35.8. The monoisotopic (exact) mass is 1010 g/mol. The molecule has 76 heavy (non-hydrogen) atoms. The highest BCUT2D eigenvalue weighted by Gasteiger charge is 2.51. The number of rotatable bonds is 3. The SMILES string of the molecule is Cc1cc2c3c(c1)N(c1cccc4c1-c1ccccc1C4(C)C)c1c(sc4cc5c(cc14)C(C)(C)CCC5(C)C)B3c1cc3c(cc1N2c1cc2c(cc1-c1ccccc1)C(C)(C)CCC2(C)C)C(C)(C)CCC3(C)C. The van der Waals surface area contributed by atoms with Crippen LogP contribution in [-0.4, -0.2) is 6.71 Å². The molecule has 0 fully saturated rings. The van der Waals surface area contributed by atoms with E-state index in [1.807, 2.05) is 0 Å². The van der Waals surface area contributed by atoms with Gasteiger partial charge in [-0.2, -0.15) is 0 Å². The van der Waals surface area contributed by atoms with E-state index in [0.717, 1.165) is 6.42 Å². The minimum absolute atomic E-state index is 0.0205. The van der Waals surface area contributed by atoms with Gasteiger partial charge in [0.25, 0.3) is 6.71 Å². The molecular weight excluding hydrogens is 936 g/mol. The first-order valence-electron chi connectivity index (χ1n) is 28.8. The van der Waals surface area contributed by atoms with Gasteiger partial charge in [0.15, 0.2) is 0 Å². The first kappa shape index (κ1) is 48.5. The van der Waals surface area contributed by atoms with Crippen LogP contribution in [0.3, 0.4) is 0 Å². The molecule has 0 bridgehead atoms. The van der Waals surface area contributed by atoms with Gasteiger partial charge in [-0.3, -0.25) is 0 Å². The van der Waals surface area contributed by atoms with Crippen molar-refractivity contribution in [2.24, 2.45) is 0 Å². The number of hydrogen-bond donors (Lipinski definition) is 0. The van der Waals surface area contributed by atoms with Crippen molar-refractivity contribution in [3.05, 3.63) is 171 Å². The molecule has 3 heterocycles. The lowest BCUT2D eigenvalue weighted by Crippen LogP contribution is -2.61. The fourth-order valence-corrected chi connectivity index (χ4v) is 17.1. The molecule has 0 saturated carbocycles. The minimum Gasteiger partial charge on any atom is -0.311 e. The molecule has 0 atom stereocenters. The predicted octanol–water partition coefficient (Wildman–Crippen LogP) is 18.3. The van der Waals surface area contributed by atoms with E-state index >= 15 is 0 Å². The van der Waals surface area contributed by atoms with E-state index < -0.39 is 0 Å². The highest BCUT2D eigenvalue weighted by atomic mass is 32.1. The summed E-state index contributed by atoms with van der Waals surface area (Å²) in [5.74, 6) is 0. The molecule has 14 rings (SSSR count). The van der Waals surface area contributed by atoms with Gasteiger partial charge < -0.3 is 9.80 Å². The molecule has 0 radical (unpaired) electrons. The number of thiophene rings is 1. The van der Waals surface area contributed by atoms with E-state index in [2.05, 4.69) is 246 Å². The summed E-state index contributed by atoms with van der Waals surface area (Å²) in [6.07, 6.45) is 7.05. The third kappa shape index (κ3) is 6.58. The van der Waals surface area contributed by atoms with E-state index in [4.69, 9.17) is 0 Å². The summed E-state index contributed by atoms with van der Waals surface area (Å²) in [7, 11) is 0. The predicted molar refractivity (Wildman–Crippen MR) is 329 cm³/mol. The van der Waals surface area contributed by atoms with Crippen molar-refractivity contribution in [3.8, 4) is 22.3 Å². The smallest absolute Gasteiger partial charge is 0.264 e. The van der Waals surface area contributed by atoms with E-state index in [0.29, 0.717) is 0 Å². The van der Waals surface area contributed by atoms with Gasteiger partial charge in [0.1, 0.15) is 0 Å². The Bertz CT molecular complexity index is 3840. The van der Waals surface area contributed by atoms with E-state index in [1.165, 1.54) is 164 Å². The van der Waals surface area contributed by atoms with Crippen LogP contribution in [0.5, 0.6) is 0 Å². The topological polar surface area (TPSA) is 6.48 Å². The van der Waals surface area contributed by atoms with Gasteiger partial charge >= 0.3 is 0 Å². The van der Waals surface area contributed by atoms with Crippen molar-refractivity contribution in [2.45, 2.75) is 180 Å². The maximum absolute atomic E-state index is 2.80.